The van der Waals surface area contributed by atoms with Crippen LogP contribution in [0.1, 0.15) is 38.2 Å². The molecule has 1 aliphatic rings. The highest BCUT2D eigenvalue weighted by Gasteiger charge is 2.17. The molecule has 0 atom stereocenters. The molecule has 6 nitrogen and oxygen atoms in total. The predicted molar refractivity (Wildman–Crippen MR) is 112 cm³/mol. The van der Waals surface area contributed by atoms with E-state index in [-0.39, 0.29) is 10.9 Å². The average molecular weight is 402 g/mol. The largest absolute Gasteiger partial charge is 0.325 e. The highest BCUT2D eigenvalue weighted by molar-refractivity contribution is 7.92. The zero-order valence-electron chi connectivity index (χ0n) is 16.1. The summed E-state index contributed by atoms with van der Waals surface area (Å²) in [5, 5.41) is 2.85. The average Bonchev–Trinajstić information content (AvgIpc) is 2.98. The Morgan fingerprint density at radius 1 is 0.893 bits per heavy atom. The van der Waals surface area contributed by atoms with Crippen molar-refractivity contribution in [2.45, 2.75) is 43.9 Å². The van der Waals surface area contributed by atoms with Crippen LogP contribution < -0.4 is 10.0 Å². The zero-order valence-corrected chi connectivity index (χ0v) is 17.0. The van der Waals surface area contributed by atoms with Crippen LogP contribution in [0.15, 0.2) is 53.4 Å². The number of carbonyl (C=O) groups excluding carboxylic acids is 1. The third-order valence-electron chi connectivity index (χ3n) is 4.92. The predicted octanol–water partition coefficient (Wildman–Crippen LogP) is 4.46. The Bertz CT molecular complexity index is 885. The van der Waals surface area contributed by atoms with E-state index in [4.69, 9.17) is 0 Å². The lowest BCUT2D eigenvalue weighted by Gasteiger charge is -2.20. The first kappa shape index (κ1) is 20.2. The molecule has 0 radical (unpaired) electrons. The first-order valence-electron chi connectivity index (χ1n) is 9.76. The minimum atomic E-state index is -3.68. The van der Waals surface area contributed by atoms with Crippen molar-refractivity contribution < 1.29 is 13.2 Å². The van der Waals surface area contributed by atoms with Crippen LogP contribution in [0.5, 0.6) is 0 Å². The molecular formula is C21H27N3O3S. The highest BCUT2D eigenvalue weighted by Crippen LogP contribution is 2.19. The minimum Gasteiger partial charge on any atom is -0.325 e. The van der Waals surface area contributed by atoms with E-state index in [1.54, 1.807) is 24.3 Å². The Labute approximate surface area is 167 Å². The van der Waals surface area contributed by atoms with E-state index < -0.39 is 10.0 Å². The molecule has 0 aliphatic carbocycles. The number of rotatable bonds is 5. The Morgan fingerprint density at radius 3 is 2.04 bits per heavy atom. The number of anilines is 2. The lowest BCUT2D eigenvalue weighted by Crippen LogP contribution is -2.35. The molecule has 1 fully saturated rings. The van der Waals surface area contributed by atoms with Crippen molar-refractivity contribution in [3.63, 3.8) is 0 Å². The Morgan fingerprint density at radius 2 is 1.46 bits per heavy atom. The van der Waals surface area contributed by atoms with E-state index in [0.29, 0.717) is 11.4 Å². The normalized spacial score (nSPS) is 15.0. The molecule has 3 rings (SSSR count). The molecule has 1 saturated heterocycles. The zero-order chi connectivity index (χ0) is 20.0. The number of hydrogen-bond donors (Lipinski definition) is 2. The van der Waals surface area contributed by atoms with E-state index >= 15 is 0 Å². The maximum Gasteiger partial charge on any atom is 0.321 e. The first-order chi connectivity index (χ1) is 13.5. The summed E-state index contributed by atoms with van der Waals surface area (Å²) < 4.78 is 27.7. The topological polar surface area (TPSA) is 78.5 Å². The van der Waals surface area contributed by atoms with Crippen molar-refractivity contribution >= 4 is 27.4 Å². The summed E-state index contributed by atoms with van der Waals surface area (Å²) in [6.45, 7) is 3.57. The molecule has 0 unspecified atom stereocenters. The van der Waals surface area contributed by atoms with Crippen LogP contribution in [0.25, 0.3) is 0 Å². The van der Waals surface area contributed by atoms with Crippen molar-refractivity contribution in [3.05, 3.63) is 54.1 Å². The molecule has 2 amide bonds. The van der Waals surface area contributed by atoms with Crippen molar-refractivity contribution in [3.8, 4) is 0 Å². The van der Waals surface area contributed by atoms with Gasteiger partial charge >= 0.3 is 6.03 Å². The molecular weight excluding hydrogens is 374 g/mol. The van der Waals surface area contributed by atoms with Crippen LogP contribution in [-0.2, 0) is 16.4 Å². The standard InChI is InChI=1S/C21H27N3O3S/c1-2-17-7-9-19(10-8-17)23-28(26,27)20-13-11-18(12-14-20)22-21(25)24-15-5-3-4-6-16-24/h7-14,23H,2-6,15-16H2,1H3,(H,22,25). The Hall–Kier alpha value is -2.54. The fourth-order valence-electron chi connectivity index (χ4n) is 3.22. The number of urea groups is 1. The number of amides is 2. The number of likely N-dealkylation sites (tertiary alicyclic amines) is 1. The van der Waals surface area contributed by atoms with Gasteiger partial charge in [-0.15, -0.1) is 0 Å². The number of benzene rings is 2. The van der Waals surface area contributed by atoms with Gasteiger partial charge in [0.25, 0.3) is 10.0 Å². The van der Waals surface area contributed by atoms with Gasteiger partial charge in [0.2, 0.25) is 0 Å². The summed E-state index contributed by atoms with van der Waals surface area (Å²) in [5.74, 6) is 0. The smallest absolute Gasteiger partial charge is 0.321 e. The van der Waals surface area contributed by atoms with Crippen molar-refractivity contribution in [2.24, 2.45) is 0 Å². The molecule has 150 valence electrons. The maximum atomic E-state index is 12.6. The molecule has 2 aromatic carbocycles. The maximum absolute atomic E-state index is 12.6. The van der Waals surface area contributed by atoms with Gasteiger partial charge in [0.1, 0.15) is 0 Å². The lowest BCUT2D eigenvalue weighted by atomic mass is 10.2. The fraction of sp³-hybridized carbons (Fsp3) is 0.381. The second kappa shape index (κ2) is 9.10. The summed E-state index contributed by atoms with van der Waals surface area (Å²) in [6.07, 6.45) is 5.26. The first-order valence-corrected chi connectivity index (χ1v) is 11.2. The SMILES string of the molecule is CCc1ccc(NS(=O)(=O)c2ccc(NC(=O)N3CCCCCC3)cc2)cc1. The van der Waals surface area contributed by atoms with Gasteiger partial charge in [0, 0.05) is 24.5 Å². The highest BCUT2D eigenvalue weighted by atomic mass is 32.2. The van der Waals surface area contributed by atoms with Crippen LogP contribution in [0.3, 0.4) is 0 Å². The van der Waals surface area contributed by atoms with Crippen molar-refractivity contribution in [1.29, 1.82) is 0 Å². The van der Waals surface area contributed by atoms with Crippen LogP contribution >= 0.6 is 0 Å². The molecule has 2 N–H and O–H groups in total. The fourth-order valence-corrected chi connectivity index (χ4v) is 4.27. The number of nitrogens with one attached hydrogen (secondary N) is 2. The molecule has 7 heteroatoms. The summed E-state index contributed by atoms with van der Waals surface area (Å²) in [4.78, 5) is 14.4. The van der Waals surface area contributed by atoms with Gasteiger partial charge in [0.05, 0.1) is 4.90 Å². The monoisotopic (exact) mass is 401 g/mol. The second-order valence-electron chi connectivity index (χ2n) is 7.01. The quantitative estimate of drug-likeness (QED) is 0.776. The number of nitrogens with zero attached hydrogens (tertiary/aromatic N) is 1. The van der Waals surface area contributed by atoms with Gasteiger partial charge in [-0.1, -0.05) is 31.9 Å². The van der Waals surface area contributed by atoms with Crippen LogP contribution in [0.2, 0.25) is 0 Å². The minimum absolute atomic E-state index is 0.133. The van der Waals surface area contributed by atoms with Gasteiger partial charge < -0.3 is 10.2 Å². The van der Waals surface area contributed by atoms with E-state index in [9.17, 15) is 13.2 Å². The van der Waals surface area contributed by atoms with E-state index in [0.717, 1.165) is 50.8 Å². The molecule has 28 heavy (non-hydrogen) atoms. The number of hydrogen-bond acceptors (Lipinski definition) is 3. The van der Waals surface area contributed by atoms with Gasteiger partial charge in [0.15, 0.2) is 0 Å². The molecule has 0 spiro atoms. The van der Waals surface area contributed by atoms with Gasteiger partial charge in [-0.05, 0) is 61.2 Å². The summed E-state index contributed by atoms with van der Waals surface area (Å²) in [5.41, 5.74) is 2.25. The van der Waals surface area contributed by atoms with Crippen LogP contribution in [0.4, 0.5) is 16.2 Å². The van der Waals surface area contributed by atoms with Crippen LogP contribution in [0, 0.1) is 0 Å². The summed E-state index contributed by atoms with van der Waals surface area (Å²) >= 11 is 0. The van der Waals surface area contributed by atoms with Crippen molar-refractivity contribution in [1.82, 2.24) is 4.90 Å². The second-order valence-corrected chi connectivity index (χ2v) is 8.69. The van der Waals surface area contributed by atoms with Gasteiger partial charge in [-0.2, -0.15) is 0 Å². The molecule has 2 aromatic rings. The molecule has 0 aromatic heterocycles. The lowest BCUT2D eigenvalue weighted by molar-refractivity contribution is 0.214. The summed E-state index contributed by atoms with van der Waals surface area (Å²) in [6, 6.07) is 13.4. The molecule has 1 aliphatic heterocycles. The summed E-state index contributed by atoms with van der Waals surface area (Å²) in [7, 11) is -3.68. The number of sulfonamides is 1. The Balaban J connectivity index is 1.64. The Kier molecular flexibility index (Phi) is 6.57. The van der Waals surface area contributed by atoms with Gasteiger partial charge in [-0.25, -0.2) is 13.2 Å². The van der Waals surface area contributed by atoms with E-state index in [1.165, 1.54) is 12.1 Å². The molecule has 0 bridgehead atoms. The molecule has 1 heterocycles. The molecule has 0 saturated carbocycles. The van der Waals surface area contributed by atoms with E-state index in [1.807, 2.05) is 24.0 Å². The third kappa shape index (κ3) is 5.25. The van der Waals surface area contributed by atoms with Crippen molar-refractivity contribution in [2.75, 3.05) is 23.1 Å². The number of aryl methyl sites for hydroxylation is 1. The van der Waals surface area contributed by atoms with Gasteiger partial charge in [-0.3, -0.25) is 4.72 Å². The van der Waals surface area contributed by atoms with E-state index in [2.05, 4.69) is 10.0 Å². The third-order valence-corrected chi connectivity index (χ3v) is 6.32. The van der Waals surface area contributed by atoms with Crippen LogP contribution in [-0.4, -0.2) is 32.4 Å². The number of carbonyl (C=O) groups is 1.